The zero-order valence-corrected chi connectivity index (χ0v) is 13.2. The molecule has 118 valence electrons. The Morgan fingerprint density at radius 1 is 1.18 bits per heavy atom. The summed E-state index contributed by atoms with van der Waals surface area (Å²) in [6.45, 7) is 0.516. The quantitative estimate of drug-likeness (QED) is 0.910. The lowest BCUT2D eigenvalue weighted by molar-refractivity contribution is 0.0939. The molecular weight excluding hydrogens is 300 g/mol. The van der Waals surface area contributed by atoms with Gasteiger partial charge in [-0.15, -0.1) is 12.4 Å². The third-order valence-corrected chi connectivity index (χ3v) is 4.19. The van der Waals surface area contributed by atoms with Gasteiger partial charge in [-0.1, -0.05) is 25.3 Å². The first-order valence-electron chi connectivity index (χ1n) is 7.45. The van der Waals surface area contributed by atoms with Crippen LogP contribution in [-0.2, 0) is 0 Å². The molecule has 0 saturated heterocycles. The summed E-state index contributed by atoms with van der Waals surface area (Å²) in [5, 5.41) is 2.97. The Labute approximate surface area is 136 Å². The average Bonchev–Trinajstić information content (AvgIpc) is 2.53. The lowest BCUT2D eigenvalue weighted by Gasteiger charge is -2.33. The van der Waals surface area contributed by atoms with Crippen molar-refractivity contribution in [3.63, 3.8) is 0 Å². The number of benzene rings is 1. The Balaban J connectivity index is 0.00000176. The van der Waals surface area contributed by atoms with Crippen molar-refractivity contribution in [2.45, 2.75) is 37.6 Å². The summed E-state index contributed by atoms with van der Waals surface area (Å²) in [4.78, 5) is 20.9. The van der Waals surface area contributed by atoms with Crippen molar-refractivity contribution in [3.8, 4) is 0 Å². The molecule has 1 aliphatic carbocycles. The van der Waals surface area contributed by atoms with Crippen molar-refractivity contribution >= 4 is 29.3 Å². The lowest BCUT2D eigenvalue weighted by Crippen LogP contribution is -2.51. The van der Waals surface area contributed by atoms with Crippen LogP contribution in [0.15, 0.2) is 30.6 Å². The summed E-state index contributed by atoms with van der Waals surface area (Å²) in [5.41, 5.74) is 8.01. The molecule has 22 heavy (non-hydrogen) atoms. The van der Waals surface area contributed by atoms with Crippen molar-refractivity contribution in [1.82, 2.24) is 15.3 Å². The molecule has 1 saturated carbocycles. The standard InChI is InChI=1S/C16H20N4O.ClH/c17-16(7-2-1-3-8-16)11-20-15(21)12-5-4-6-13-14(12)19-10-9-18-13;/h4-6,9-10H,1-3,7-8,11,17H2,(H,20,21);1H. The number of para-hydroxylation sites is 1. The lowest BCUT2D eigenvalue weighted by atomic mass is 9.82. The van der Waals surface area contributed by atoms with Crippen LogP contribution in [-0.4, -0.2) is 28.0 Å². The highest BCUT2D eigenvalue weighted by molar-refractivity contribution is 6.04. The fraction of sp³-hybridized carbons (Fsp3) is 0.438. The number of rotatable bonds is 3. The summed E-state index contributed by atoms with van der Waals surface area (Å²) >= 11 is 0. The minimum atomic E-state index is -0.260. The molecule has 3 rings (SSSR count). The molecule has 0 spiro atoms. The highest BCUT2D eigenvalue weighted by Gasteiger charge is 2.28. The number of amides is 1. The summed E-state index contributed by atoms with van der Waals surface area (Å²) in [6, 6.07) is 5.45. The minimum absolute atomic E-state index is 0. The first-order valence-corrected chi connectivity index (χ1v) is 7.45. The number of fused-ring (bicyclic) bond motifs is 1. The smallest absolute Gasteiger partial charge is 0.253 e. The molecule has 1 aromatic heterocycles. The van der Waals surface area contributed by atoms with Crippen molar-refractivity contribution in [2.24, 2.45) is 5.73 Å². The Hall–Kier alpha value is -1.72. The van der Waals surface area contributed by atoms with E-state index < -0.39 is 0 Å². The molecule has 1 heterocycles. The SMILES string of the molecule is Cl.NC1(CNC(=O)c2cccc3nccnc23)CCCCC1. The molecule has 1 aliphatic rings. The van der Waals surface area contributed by atoms with E-state index in [1.807, 2.05) is 12.1 Å². The molecule has 6 heteroatoms. The van der Waals surface area contributed by atoms with Gasteiger partial charge < -0.3 is 11.1 Å². The van der Waals surface area contributed by atoms with Gasteiger partial charge >= 0.3 is 0 Å². The Morgan fingerprint density at radius 2 is 1.91 bits per heavy atom. The maximum Gasteiger partial charge on any atom is 0.253 e. The summed E-state index contributed by atoms with van der Waals surface area (Å²) in [6.07, 6.45) is 8.71. The van der Waals surface area contributed by atoms with Crippen LogP contribution in [0.25, 0.3) is 11.0 Å². The monoisotopic (exact) mass is 320 g/mol. The molecule has 5 nitrogen and oxygen atoms in total. The highest BCUT2D eigenvalue weighted by Crippen LogP contribution is 2.25. The van der Waals surface area contributed by atoms with Gasteiger partial charge in [0.05, 0.1) is 11.1 Å². The van der Waals surface area contributed by atoms with Crippen LogP contribution >= 0.6 is 12.4 Å². The predicted octanol–water partition coefficient (Wildman–Crippen LogP) is 2.44. The second kappa shape index (κ2) is 7.03. The largest absolute Gasteiger partial charge is 0.350 e. The molecular formula is C16H21ClN4O. The zero-order chi connectivity index (χ0) is 14.7. The number of aromatic nitrogens is 2. The average molecular weight is 321 g/mol. The van der Waals surface area contributed by atoms with E-state index in [1.165, 1.54) is 6.42 Å². The molecule has 1 fully saturated rings. The van der Waals surface area contributed by atoms with Crippen LogP contribution in [0.4, 0.5) is 0 Å². The van der Waals surface area contributed by atoms with Gasteiger partial charge in [-0.25, -0.2) is 0 Å². The molecule has 0 bridgehead atoms. The van der Waals surface area contributed by atoms with Gasteiger partial charge in [-0.3, -0.25) is 14.8 Å². The van der Waals surface area contributed by atoms with Crippen molar-refractivity contribution in [1.29, 1.82) is 0 Å². The second-order valence-corrected chi connectivity index (χ2v) is 5.84. The number of halogens is 1. The van der Waals surface area contributed by atoms with Crippen molar-refractivity contribution in [2.75, 3.05) is 6.54 Å². The maximum absolute atomic E-state index is 12.4. The number of nitrogens with two attached hydrogens (primary N) is 1. The van der Waals surface area contributed by atoms with E-state index in [-0.39, 0.29) is 23.9 Å². The first kappa shape index (κ1) is 16.6. The molecule has 1 amide bonds. The summed E-state index contributed by atoms with van der Waals surface area (Å²) in [7, 11) is 0. The summed E-state index contributed by atoms with van der Waals surface area (Å²) < 4.78 is 0. The molecule has 2 aromatic rings. The van der Waals surface area contributed by atoms with Crippen molar-refractivity contribution < 1.29 is 4.79 Å². The highest BCUT2D eigenvalue weighted by atomic mass is 35.5. The minimum Gasteiger partial charge on any atom is -0.350 e. The van der Waals surface area contributed by atoms with Crippen LogP contribution in [0.1, 0.15) is 42.5 Å². The van der Waals surface area contributed by atoms with Crippen LogP contribution in [0, 0.1) is 0 Å². The first-order chi connectivity index (χ1) is 10.2. The Bertz CT molecular complexity index is 650. The van der Waals surface area contributed by atoms with Crippen molar-refractivity contribution in [3.05, 3.63) is 36.2 Å². The third-order valence-electron chi connectivity index (χ3n) is 4.19. The van der Waals surface area contributed by atoms with Gasteiger partial charge in [-0.05, 0) is 25.0 Å². The Kier molecular flexibility index (Phi) is 5.32. The van der Waals surface area contributed by atoms with Gasteiger partial charge in [0.2, 0.25) is 0 Å². The van der Waals surface area contributed by atoms with E-state index >= 15 is 0 Å². The number of nitrogens with zero attached hydrogens (tertiary/aromatic N) is 2. The maximum atomic E-state index is 12.4. The molecule has 3 N–H and O–H groups in total. The molecule has 0 unspecified atom stereocenters. The zero-order valence-electron chi connectivity index (χ0n) is 12.4. The van der Waals surface area contributed by atoms with Crippen LogP contribution in [0.2, 0.25) is 0 Å². The van der Waals surface area contributed by atoms with E-state index in [4.69, 9.17) is 5.73 Å². The number of hydrogen-bond acceptors (Lipinski definition) is 4. The number of nitrogens with one attached hydrogen (secondary N) is 1. The van der Waals surface area contributed by atoms with Gasteiger partial charge in [0.25, 0.3) is 5.91 Å². The van der Waals surface area contributed by atoms with Gasteiger partial charge in [-0.2, -0.15) is 0 Å². The molecule has 1 aromatic carbocycles. The third kappa shape index (κ3) is 3.54. The Morgan fingerprint density at radius 3 is 2.68 bits per heavy atom. The number of hydrogen-bond donors (Lipinski definition) is 2. The molecule has 0 aliphatic heterocycles. The van der Waals surface area contributed by atoms with E-state index in [9.17, 15) is 4.79 Å². The predicted molar refractivity (Wildman–Crippen MR) is 89.1 cm³/mol. The number of carbonyl (C=O) groups is 1. The van der Waals surface area contributed by atoms with Crippen LogP contribution in [0.3, 0.4) is 0 Å². The molecule has 0 atom stereocenters. The van der Waals surface area contributed by atoms with Crippen LogP contribution < -0.4 is 11.1 Å². The van der Waals surface area contributed by atoms with Crippen LogP contribution in [0.5, 0.6) is 0 Å². The fourth-order valence-electron chi connectivity index (χ4n) is 2.96. The van der Waals surface area contributed by atoms with Gasteiger partial charge in [0, 0.05) is 24.5 Å². The van der Waals surface area contributed by atoms with Gasteiger partial charge in [0.1, 0.15) is 5.52 Å². The number of carbonyl (C=O) groups excluding carboxylic acids is 1. The molecule has 0 radical (unpaired) electrons. The van der Waals surface area contributed by atoms with E-state index in [0.717, 1.165) is 31.2 Å². The van der Waals surface area contributed by atoms with E-state index in [2.05, 4.69) is 15.3 Å². The fourth-order valence-corrected chi connectivity index (χ4v) is 2.96. The summed E-state index contributed by atoms with van der Waals surface area (Å²) in [5.74, 6) is -0.128. The van der Waals surface area contributed by atoms with Gasteiger partial charge in [0.15, 0.2) is 0 Å². The second-order valence-electron chi connectivity index (χ2n) is 5.84. The normalized spacial score (nSPS) is 16.8. The van der Waals surface area contributed by atoms with E-state index in [1.54, 1.807) is 18.5 Å². The topological polar surface area (TPSA) is 80.9 Å². The van der Waals surface area contributed by atoms with E-state index in [0.29, 0.717) is 17.6 Å².